The molecule has 0 saturated carbocycles. The summed E-state index contributed by atoms with van der Waals surface area (Å²) in [6.45, 7) is 3.21. The number of benzene rings is 2. The summed E-state index contributed by atoms with van der Waals surface area (Å²) in [4.78, 5) is 12.6. The molecule has 2 rings (SSSR count). The highest BCUT2D eigenvalue weighted by Gasteiger charge is 2.18. The summed E-state index contributed by atoms with van der Waals surface area (Å²) in [5.41, 5.74) is 1.33. The van der Waals surface area contributed by atoms with E-state index in [2.05, 4.69) is 15.5 Å². The number of azo groups is 1. The van der Waals surface area contributed by atoms with Crippen molar-refractivity contribution in [2.45, 2.75) is 13.8 Å². The van der Waals surface area contributed by atoms with E-state index in [1.807, 2.05) is 6.92 Å². The fourth-order valence-corrected chi connectivity index (χ4v) is 2.72. The molecule has 2 aromatic carbocycles. The molecule has 0 fully saturated rings. The zero-order chi connectivity index (χ0) is 20.8. The van der Waals surface area contributed by atoms with E-state index in [-0.39, 0.29) is 17.1 Å². The van der Waals surface area contributed by atoms with Gasteiger partial charge in [-0.2, -0.15) is 0 Å². The van der Waals surface area contributed by atoms with Crippen LogP contribution in [0.1, 0.15) is 12.5 Å². The molecule has 0 aromatic heterocycles. The van der Waals surface area contributed by atoms with E-state index >= 15 is 0 Å². The Kier molecular flexibility index (Phi) is 7.25. The molecule has 0 atom stereocenters. The Morgan fingerprint density at radius 1 is 1.07 bits per heavy atom. The van der Waals surface area contributed by atoms with E-state index in [0.29, 0.717) is 27.2 Å². The molecule has 0 heterocycles. The summed E-state index contributed by atoms with van der Waals surface area (Å²) >= 11 is 12.2. The smallest absolute Gasteiger partial charge is 0.279 e. The normalized spacial score (nSPS) is 11.9. The number of anilines is 1. The third kappa shape index (κ3) is 5.15. The van der Waals surface area contributed by atoms with Crippen molar-refractivity contribution in [3.63, 3.8) is 0 Å². The van der Waals surface area contributed by atoms with Gasteiger partial charge in [-0.3, -0.25) is 4.79 Å². The number of nitrogens with zero attached hydrogens (tertiary/aromatic N) is 2. The van der Waals surface area contributed by atoms with E-state index in [0.717, 1.165) is 5.56 Å². The van der Waals surface area contributed by atoms with Crippen LogP contribution in [0.25, 0.3) is 0 Å². The third-order valence-corrected chi connectivity index (χ3v) is 4.24. The predicted octanol–water partition coefficient (Wildman–Crippen LogP) is 5.83. The second-order valence-corrected chi connectivity index (χ2v) is 6.54. The van der Waals surface area contributed by atoms with Crippen molar-refractivity contribution < 1.29 is 19.4 Å². The van der Waals surface area contributed by atoms with E-state index in [1.54, 1.807) is 18.2 Å². The number of hydrogen-bond acceptors (Lipinski definition) is 6. The summed E-state index contributed by atoms with van der Waals surface area (Å²) in [6.07, 6.45) is 0. The quantitative estimate of drug-likeness (QED) is 0.347. The van der Waals surface area contributed by atoms with Gasteiger partial charge in [0, 0.05) is 12.1 Å². The van der Waals surface area contributed by atoms with Crippen LogP contribution >= 0.6 is 23.2 Å². The lowest BCUT2D eigenvalue weighted by molar-refractivity contribution is -0.113. The zero-order valence-electron chi connectivity index (χ0n) is 15.7. The van der Waals surface area contributed by atoms with Gasteiger partial charge < -0.3 is 19.9 Å². The lowest BCUT2D eigenvalue weighted by Crippen LogP contribution is -2.15. The van der Waals surface area contributed by atoms with Crippen LogP contribution in [0.15, 0.2) is 52.0 Å². The number of aliphatic hydroxyl groups excluding tert-OH is 1. The molecule has 0 bridgehead atoms. The maximum Gasteiger partial charge on any atom is 0.279 e. The highest BCUT2D eigenvalue weighted by molar-refractivity contribution is 6.33. The van der Waals surface area contributed by atoms with Gasteiger partial charge in [-0.25, -0.2) is 0 Å². The van der Waals surface area contributed by atoms with Crippen molar-refractivity contribution in [2.75, 3.05) is 19.5 Å². The van der Waals surface area contributed by atoms with Crippen LogP contribution in [0.5, 0.6) is 11.5 Å². The van der Waals surface area contributed by atoms with Crippen LogP contribution in [0.4, 0.5) is 11.4 Å². The Morgan fingerprint density at radius 3 is 2.32 bits per heavy atom. The molecule has 0 aliphatic carbocycles. The number of aryl methyl sites for hydroxylation is 1. The Labute approximate surface area is 172 Å². The summed E-state index contributed by atoms with van der Waals surface area (Å²) in [5, 5.41) is 21.0. The van der Waals surface area contributed by atoms with Gasteiger partial charge in [0.1, 0.15) is 22.9 Å². The number of carbonyl (C=O) groups is 1. The van der Waals surface area contributed by atoms with Crippen LogP contribution in [0, 0.1) is 6.92 Å². The van der Waals surface area contributed by atoms with Crippen molar-refractivity contribution >= 4 is 40.5 Å². The summed E-state index contributed by atoms with van der Waals surface area (Å²) in [6, 6.07) is 8.18. The lowest BCUT2D eigenvalue weighted by atomic mass is 10.2. The number of allylic oxidation sites excluding steroid dienone is 1. The van der Waals surface area contributed by atoms with E-state index < -0.39 is 5.91 Å². The van der Waals surface area contributed by atoms with Gasteiger partial charge in [0.2, 0.25) is 0 Å². The number of aliphatic hydroxyl groups is 1. The highest BCUT2D eigenvalue weighted by Crippen LogP contribution is 2.36. The molecule has 0 unspecified atom stereocenters. The van der Waals surface area contributed by atoms with Crippen LogP contribution in [0.3, 0.4) is 0 Å². The molecule has 2 N–H and O–H groups in total. The number of methoxy groups -OCH3 is 2. The molecule has 0 aliphatic heterocycles. The molecule has 0 spiro atoms. The van der Waals surface area contributed by atoms with Gasteiger partial charge in [-0.05, 0) is 31.5 Å². The molecule has 0 radical (unpaired) electrons. The second-order valence-electron chi connectivity index (χ2n) is 5.73. The second kappa shape index (κ2) is 9.43. The van der Waals surface area contributed by atoms with Crippen LogP contribution in [0.2, 0.25) is 10.0 Å². The molecule has 2 aromatic rings. The first-order valence-corrected chi connectivity index (χ1v) is 8.83. The number of carbonyl (C=O) groups excluding carboxylic acids is 1. The average Bonchev–Trinajstić information content (AvgIpc) is 2.64. The Bertz CT molecular complexity index is 954. The first kappa shape index (κ1) is 21.5. The van der Waals surface area contributed by atoms with E-state index in [4.69, 9.17) is 32.7 Å². The number of nitrogens with one attached hydrogen (secondary N) is 1. The average molecular weight is 424 g/mol. The van der Waals surface area contributed by atoms with Gasteiger partial charge in [-0.1, -0.05) is 29.3 Å². The van der Waals surface area contributed by atoms with Crippen molar-refractivity contribution in [2.24, 2.45) is 10.2 Å². The first-order valence-electron chi connectivity index (χ1n) is 8.07. The molecule has 9 heteroatoms. The summed E-state index contributed by atoms with van der Waals surface area (Å²) < 4.78 is 10.4. The minimum Gasteiger partial charge on any atom is -0.510 e. The number of ether oxygens (including phenoxy) is 2. The lowest BCUT2D eigenvalue weighted by Gasteiger charge is -2.13. The van der Waals surface area contributed by atoms with Crippen LogP contribution < -0.4 is 14.8 Å². The Morgan fingerprint density at radius 2 is 1.75 bits per heavy atom. The summed E-state index contributed by atoms with van der Waals surface area (Å²) in [5.74, 6) is -0.358. The van der Waals surface area contributed by atoms with E-state index in [1.165, 1.54) is 33.3 Å². The standard InChI is InChI=1S/C19H19Cl2N3O4/c1-10-5-6-14(12(20)7-10)23-24-18(11(2)25)19(26)22-15-9-16(27-3)13(21)8-17(15)28-4/h5-9,25H,1-4H3,(H,22,26)/b18-11+,24-23?. The van der Waals surface area contributed by atoms with Gasteiger partial charge in [-0.15, -0.1) is 10.2 Å². The number of hydrogen-bond donors (Lipinski definition) is 2. The minimum atomic E-state index is -0.699. The molecule has 7 nitrogen and oxygen atoms in total. The van der Waals surface area contributed by atoms with Crippen LogP contribution in [-0.2, 0) is 4.79 Å². The van der Waals surface area contributed by atoms with E-state index in [9.17, 15) is 9.90 Å². The molecular formula is C19H19Cl2N3O4. The molecular weight excluding hydrogens is 405 g/mol. The third-order valence-electron chi connectivity index (χ3n) is 3.64. The van der Waals surface area contributed by atoms with Gasteiger partial charge in [0.25, 0.3) is 5.91 Å². The number of amides is 1. The molecule has 28 heavy (non-hydrogen) atoms. The largest absolute Gasteiger partial charge is 0.510 e. The van der Waals surface area contributed by atoms with Gasteiger partial charge in [0.15, 0.2) is 5.70 Å². The Hall–Kier alpha value is -2.77. The minimum absolute atomic E-state index is 0.285. The van der Waals surface area contributed by atoms with Crippen molar-refractivity contribution in [3.8, 4) is 11.5 Å². The number of rotatable bonds is 6. The fraction of sp³-hybridized carbons (Fsp3) is 0.211. The maximum atomic E-state index is 12.6. The topological polar surface area (TPSA) is 92.5 Å². The molecule has 0 saturated heterocycles. The predicted molar refractivity (Wildman–Crippen MR) is 109 cm³/mol. The van der Waals surface area contributed by atoms with Crippen molar-refractivity contribution in [1.82, 2.24) is 0 Å². The SMILES string of the molecule is COc1cc(NC(=O)/C(N=Nc2ccc(C)cc2Cl)=C(/C)O)c(OC)cc1Cl. The monoisotopic (exact) mass is 423 g/mol. The van der Waals surface area contributed by atoms with Gasteiger partial charge >= 0.3 is 0 Å². The number of halogens is 2. The van der Waals surface area contributed by atoms with Crippen molar-refractivity contribution in [3.05, 3.63) is 57.4 Å². The highest BCUT2D eigenvalue weighted by atomic mass is 35.5. The Balaban J connectivity index is 2.32. The molecule has 1 amide bonds. The zero-order valence-corrected chi connectivity index (χ0v) is 17.2. The van der Waals surface area contributed by atoms with Gasteiger partial charge in [0.05, 0.1) is 30.0 Å². The fourth-order valence-electron chi connectivity index (χ4n) is 2.22. The molecule has 0 aliphatic rings. The first-order chi connectivity index (χ1) is 13.3. The van der Waals surface area contributed by atoms with Crippen LogP contribution in [-0.4, -0.2) is 25.2 Å². The maximum absolute atomic E-state index is 12.6. The summed E-state index contributed by atoms with van der Waals surface area (Å²) in [7, 11) is 2.88. The van der Waals surface area contributed by atoms with Crippen molar-refractivity contribution in [1.29, 1.82) is 0 Å². The molecule has 148 valence electrons.